The molecule has 0 spiro atoms. The van der Waals surface area contributed by atoms with Crippen LogP contribution >= 0.6 is 11.6 Å². The van der Waals surface area contributed by atoms with Crippen LogP contribution in [0.5, 0.6) is 11.5 Å². The Hall–Kier alpha value is -1.75. The Morgan fingerprint density at radius 2 is 2.04 bits per heavy atom. The molecule has 2 aromatic carbocycles. The molecule has 5 heteroatoms. The molecule has 0 amide bonds. The van der Waals surface area contributed by atoms with Gasteiger partial charge < -0.3 is 14.8 Å². The molecule has 27 heavy (non-hydrogen) atoms. The van der Waals surface area contributed by atoms with Gasteiger partial charge in [-0.25, -0.2) is 0 Å². The van der Waals surface area contributed by atoms with E-state index in [0.717, 1.165) is 30.0 Å². The molecule has 1 heterocycles. The third kappa shape index (κ3) is 5.38. The van der Waals surface area contributed by atoms with Gasteiger partial charge in [0.25, 0.3) is 0 Å². The molecule has 1 saturated heterocycles. The molecular formula is C22H29ClN2O2. The first-order valence-corrected chi connectivity index (χ1v) is 10.1. The summed E-state index contributed by atoms with van der Waals surface area (Å²) in [6.07, 6.45) is 2.55. The van der Waals surface area contributed by atoms with Crippen LogP contribution in [0.2, 0.25) is 5.02 Å². The van der Waals surface area contributed by atoms with Gasteiger partial charge in [-0.1, -0.05) is 48.9 Å². The quantitative estimate of drug-likeness (QED) is 0.685. The molecule has 1 aliphatic heterocycles. The summed E-state index contributed by atoms with van der Waals surface area (Å²) in [5.41, 5.74) is 2.15. The fourth-order valence-electron chi connectivity index (χ4n) is 3.72. The summed E-state index contributed by atoms with van der Waals surface area (Å²) in [4.78, 5) is 2.54. The van der Waals surface area contributed by atoms with Crippen molar-refractivity contribution in [1.82, 2.24) is 10.2 Å². The second-order valence-electron chi connectivity index (χ2n) is 6.93. The van der Waals surface area contributed by atoms with Crippen molar-refractivity contribution >= 4 is 11.6 Å². The van der Waals surface area contributed by atoms with Crippen molar-refractivity contribution in [3.63, 3.8) is 0 Å². The molecule has 0 aromatic heterocycles. The molecule has 0 radical (unpaired) electrons. The SMILES string of the molecule is CCN1CCC[C@H]1CNCc1cc(Cl)cc(OC)c1OCc1ccccc1. The lowest BCUT2D eigenvalue weighted by atomic mass is 10.1. The van der Waals surface area contributed by atoms with Gasteiger partial charge in [-0.3, -0.25) is 4.90 Å². The van der Waals surface area contributed by atoms with Gasteiger partial charge in [0, 0.05) is 35.8 Å². The summed E-state index contributed by atoms with van der Waals surface area (Å²) in [6.45, 7) is 6.73. The summed E-state index contributed by atoms with van der Waals surface area (Å²) < 4.78 is 11.7. The highest BCUT2D eigenvalue weighted by Crippen LogP contribution is 2.35. The molecule has 0 aliphatic carbocycles. The Labute approximate surface area is 167 Å². The van der Waals surface area contributed by atoms with Crippen molar-refractivity contribution in [2.45, 2.75) is 39.0 Å². The first-order valence-electron chi connectivity index (χ1n) is 9.69. The Morgan fingerprint density at radius 1 is 1.22 bits per heavy atom. The third-order valence-electron chi connectivity index (χ3n) is 5.14. The Morgan fingerprint density at radius 3 is 2.78 bits per heavy atom. The molecule has 4 nitrogen and oxygen atoms in total. The van der Waals surface area contributed by atoms with E-state index in [1.165, 1.54) is 19.4 Å². The maximum atomic E-state index is 6.30. The smallest absolute Gasteiger partial charge is 0.166 e. The first kappa shape index (κ1) is 20.0. The summed E-state index contributed by atoms with van der Waals surface area (Å²) in [7, 11) is 1.65. The lowest BCUT2D eigenvalue weighted by Gasteiger charge is -2.23. The number of ether oxygens (including phenoxy) is 2. The fraction of sp³-hybridized carbons (Fsp3) is 0.455. The second-order valence-corrected chi connectivity index (χ2v) is 7.36. The Balaban J connectivity index is 1.68. The van der Waals surface area contributed by atoms with E-state index in [4.69, 9.17) is 21.1 Å². The summed E-state index contributed by atoms with van der Waals surface area (Å²) in [5.74, 6) is 1.43. The summed E-state index contributed by atoms with van der Waals surface area (Å²) in [5, 5.41) is 4.25. The van der Waals surface area contributed by atoms with Crippen molar-refractivity contribution < 1.29 is 9.47 Å². The van der Waals surface area contributed by atoms with Gasteiger partial charge >= 0.3 is 0 Å². The van der Waals surface area contributed by atoms with Crippen molar-refractivity contribution in [2.24, 2.45) is 0 Å². The van der Waals surface area contributed by atoms with E-state index in [9.17, 15) is 0 Å². The van der Waals surface area contributed by atoms with Crippen LogP contribution in [0.1, 0.15) is 30.9 Å². The number of likely N-dealkylation sites (tertiary alicyclic amines) is 1. The van der Waals surface area contributed by atoms with Crippen LogP contribution in [0.15, 0.2) is 42.5 Å². The average Bonchev–Trinajstić information content (AvgIpc) is 3.15. The highest BCUT2D eigenvalue weighted by molar-refractivity contribution is 6.30. The fourth-order valence-corrected chi connectivity index (χ4v) is 3.95. The van der Waals surface area contributed by atoms with E-state index in [-0.39, 0.29) is 0 Å². The number of nitrogens with zero attached hydrogens (tertiary/aromatic N) is 1. The van der Waals surface area contributed by atoms with Crippen LogP contribution in [-0.2, 0) is 13.2 Å². The van der Waals surface area contributed by atoms with Gasteiger partial charge in [0.15, 0.2) is 11.5 Å². The molecule has 0 unspecified atom stereocenters. The highest BCUT2D eigenvalue weighted by atomic mass is 35.5. The third-order valence-corrected chi connectivity index (χ3v) is 5.36. The lowest BCUT2D eigenvalue weighted by molar-refractivity contribution is 0.258. The first-order chi connectivity index (χ1) is 13.2. The molecule has 1 aliphatic rings. The van der Waals surface area contributed by atoms with Crippen molar-refractivity contribution in [2.75, 3.05) is 26.7 Å². The molecular weight excluding hydrogens is 360 g/mol. The minimum Gasteiger partial charge on any atom is -0.493 e. The molecule has 0 saturated carbocycles. The van der Waals surface area contributed by atoms with Crippen molar-refractivity contribution in [1.29, 1.82) is 0 Å². The van der Waals surface area contributed by atoms with Gasteiger partial charge in [-0.15, -0.1) is 0 Å². The van der Waals surface area contributed by atoms with E-state index in [1.807, 2.05) is 24.3 Å². The lowest BCUT2D eigenvalue weighted by Crippen LogP contribution is -2.37. The minimum atomic E-state index is 0.498. The normalized spacial score (nSPS) is 17.2. The molecule has 1 atom stereocenters. The van der Waals surface area contributed by atoms with Crippen LogP contribution in [0, 0.1) is 0 Å². The number of nitrogens with one attached hydrogen (secondary N) is 1. The van der Waals surface area contributed by atoms with Crippen molar-refractivity contribution in [3.8, 4) is 11.5 Å². The van der Waals surface area contributed by atoms with Crippen LogP contribution in [-0.4, -0.2) is 37.7 Å². The number of rotatable bonds is 9. The minimum absolute atomic E-state index is 0.498. The molecule has 3 rings (SSSR count). The predicted octanol–water partition coefficient (Wildman–Crippen LogP) is 4.50. The van der Waals surface area contributed by atoms with Crippen LogP contribution in [0.3, 0.4) is 0 Å². The summed E-state index contributed by atoms with van der Waals surface area (Å²) in [6, 6.07) is 14.5. The maximum absolute atomic E-state index is 6.30. The molecule has 146 valence electrons. The number of halogens is 1. The number of likely N-dealkylation sites (N-methyl/N-ethyl adjacent to an activating group) is 1. The largest absolute Gasteiger partial charge is 0.493 e. The zero-order valence-electron chi connectivity index (χ0n) is 16.2. The van der Waals surface area contributed by atoms with Gasteiger partial charge in [-0.05, 0) is 37.6 Å². The predicted molar refractivity (Wildman–Crippen MR) is 111 cm³/mol. The maximum Gasteiger partial charge on any atom is 0.166 e. The van der Waals surface area contributed by atoms with E-state index in [2.05, 4.69) is 29.3 Å². The van der Waals surface area contributed by atoms with Gasteiger partial charge in [-0.2, -0.15) is 0 Å². The topological polar surface area (TPSA) is 33.7 Å². The van der Waals surface area contributed by atoms with Gasteiger partial charge in [0.2, 0.25) is 0 Å². The van der Waals surface area contributed by atoms with Crippen LogP contribution in [0.4, 0.5) is 0 Å². The van der Waals surface area contributed by atoms with Crippen molar-refractivity contribution in [3.05, 3.63) is 58.6 Å². The molecule has 1 N–H and O–H groups in total. The zero-order chi connectivity index (χ0) is 19.1. The van der Waals surface area contributed by atoms with E-state index >= 15 is 0 Å². The van der Waals surface area contributed by atoms with E-state index in [0.29, 0.717) is 30.0 Å². The standard InChI is InChI=1S/C22H29ClN2O2/c1-3-25-11-7-10-20(25)15-24-14-18-12-19(23)13-21(26-2)22(18)27-16-17-8-5-4-6-9-17/h4-6,8-9,12-13,20,24H,3,7,10-11,14-16H2,1-2H3/t20-/m0/s1. The summed E-state index contributed by atoms with van der Waals surface area (Å²) >= 11 is 6.30. The second kappa shape index (κ2) is 9.98. The van der Waals surface area contributed by atoms with E-state index < -0.39 is 0 Å². The van der Waals surface area contributed by atoms with Gasteiger partial charge in [0.05, 0.1) is 7.11 Å². The molecule has 1 fully saturated rings. The van der Waals surface area contributed by atoms with Crippen LogP contribution < -0.4 is 14.8 Å². The number of hydrogen-bond donors (Lipinski definition) is 1. The monoisotopic (exact) mass is 388 g/mol. The number of hydrogen-bond acceptors (Lipinski definition) is 4. The van der Waals surface area contributed by atoms with E-state index in [1.54, 1.807) is 13.2 Å². The van der Waals surface area contributed by atoms with Crippen LogP contribution in [0.25, 0.3) is 0 Å². The number of methoxy groups -OCH3 is 1. The Kier molecular flexibility index (Phi) is 7.39. The molecule has 2 aromatic rings. The number of benzene rings is 2. The average molecular weight is 389 g/mol. The highest BCUT2D eigenvalue weighted by Gasteiger charge is 2.22. The van der Waals surface area contributed by atoms with Gasteiger partial charge in [0.1, 0.15) is 6.61 Å². The Bertz CT molecular complexity index is 724. The zero-order valence-corrected chi connectivity index (χ0v) is 17.0. The molecule has 0 bridgehead atoms.